The number of hydrogen-bond acceptors (Lipinski definition) is 4. The fraction of sp³-hybridized carbons (Fsp3) is 0.0556. The third kappa shape index (κ3) is 3.44. The quantitative estimate of drug-likeness (QED) is 0.803. The van der Waals surface area contributed by atoms with Crippen molar-refractivity contribution in [1.82, 2.24) is 10.3 Å². The number of rotatable bonds is 4. The highest BCUT2D eigenvalue weighted by molar-refractivity contribution is 5.94. The molecule has 0 bridgehead atoms. The van der Waals surface area contributed by atoms with Crippen LogP contribution in [0, 0.1) is 11.3 Å². The van der Waals surface area contributed by atoms with Crippen molar-refractivity contribution in [3.05, 3.63) is 78.0 Å². The molecule has 0 aliphatic heterocycles. The second kappa shape index (κ2) is 6.58. The highest BCUT2D eigenvalue weighted by Crippen LogP contribution is 2.19. The van der Waals surface area contributed by atoms with E-state index in [9.17, 15) is 4.79 Å². The van der Waals surface area contributed by atoms with Crippen LogP contribution in [0.4, 0.5) is 0 Å². The maximum Gasteiger partial charge on any atom is 0.251 e. The minimum atomic E-state index is -0.226. The lowest BCUT2D eigenvalue weighted by molar-refractivity contribution is 0.0951. The van der Waals surface area contributed by atoms with E-state index < -0.39 is 0 Å². The van der Waals surface area contributed by atoms with Crippen molar-refractivity contribution in [1.29, 1.82) is 5.26 Å². The summed E-state index contributed by atoms with van der Waals surface area (Å²) >= 11 is 0. The van der Waals surface area contributed by atoms with E-state index in [1.54, 1.807) is 49.2 Å². The summed E-state index contributed by atoms with van der Waals surface area (Å²) in [5.41, 5.74) is 3.67. The molecule has 0 radical (unpaired) electrons. The first-order valence-electron chi connectivity index (χ1n) is 7.01. The van der Waals surface area contributed by atoms with Crippen LogP contribution in [0.25, 0.3) is 11.1 Å². The summed E-state index contributed by atoms with van der Waals surface area (Å²) in [5, 5.41) is 11.7. The molecular weight excluding hydrogens is 290 g/mol. The van der Waals surface area contributed by atoms with Gasteiger partial charge in [-0.2, -0.15) is 5.26 Å². The van der Waals surface area contributed by atoms with Gasteiger partial charge in [-0.3, -0.25) is 9.78 Å². The number of carbonyl (C=O) groups excluding carboxylic acids is 1. The molecular formula is C18H13N3O2. The second-order valence-electron chi connectivity index (χ2n) is 4.97. The summed E-state index contributed by atoms with van der Waals surface area (Å²) in [6.45, 7) is 0.355. The molecule has 5 nitrogen and oxygen atoms in total. The molecule has 1 amide bonds. The number of nitrogens with zero attached hydrogens (tertiary/aromatic N) is 2. The fourth-order valence-corrected chi connectivity index (χ4v) is 2.19. The van der Waals surface area contributed by atoms with E-state index in [1.807, 2.05) is 18.2 Å². The van der Waals surface area contributed by atoms with Gasteiger partial charge in [-0.05, 0) is 35.9 Å². The number of hydrogen-bond donors (Lipinski definition) is 1. The van der Waals surface area contributed by atoms with Crippen LogP contribution in [0.3, 0.4) is 0 Å². The van der Waals surface area contributed by atoms with Crippen LogP contribution in [0.15, 0.2) is 65.7 Å². The van der Waals surface area contributed by atoms with Gasteiger partial charge in [0.2, 0.25) is 0 Å². The number of amides is 1. The van der Waals surface area contributed by atoms with E-state index >= 15 is 0 Å². The van der Waals surface area contributed by atoms with Gasteiger partial charge in [0.25, 0.3) is 5.91 Å². The smallest absolute Gasteiger partial charge is 0.251 e. The molecule has 0 atom stereocenters. The lowest BCUT2D eigenvalue weighted by Gasteiger charge is -2.06. The highest BCUT2D eigenvalue weighted by Gasteiger charge is 2.07. The predicted molar refractivity (Wildman–Crippen MR) is 84.3 cm³/mol. The van der Waals surface area contributed by atoms with E-state index in [2.05, 4.69) is 10.3 Å². The molecule has 0 aliphatic carbocycles. The summed E-state index contributed by atoms with van der Waals surface area (Å²) in [6, 6.07) is 12.4. The molecule has 3 aromatic rings. The van der Waals surface area contributed by atoms with E-state index in [1.165, 1.54) is 0 Å². The third-order valence-corrected chi connectivity index (χ3v) is 3.36. The van der Waals surface area contributed by atoms with Crippen molar-refractivity contribution in [3.63, 3.8) is 0 Å². The number of furan rings is 1. The van der Waals surface area contributed by atoms with Gasteiger partial charge in [-0.25, -0.2) is 0 Å². The van der Waals surface area contributed by atoms with Gasteiger partial charge < -0.3 is 9.73 Å². The van der Waals surface area contributed by atoms with Gasteiger partial charge in [0.05, 0.1) is 24.2 Å². The van der Waals surface area contributed by atoms with Crippen molar-refractivity contribution in [2.24, 2.45) is 0 Å². The zero-order valence-electron chi connectivity index (χ0n) is 12.2. The van der Waals surface area contributed by atoms with Gasteiger partial charge in [0, 0.05) is 35.6 Å². The Morgan fingerprint density at radius 2 is 2.13 bits per heavy atom. The minimum absolute atomic E-state index is 0.226. The standard InChI is InChI=1S/C18H13N3O2/c19-8-13-2-1-3-15(6-13)18(22)21-10-14-7-17(11-20-9-14)16-4-5-23-12-16/h1-7,9,11-12H,10H2,(H,21,22). The second-order valence-corrected chi connectivity index (χ2v) is 4.97. The van der Waals surface area contributed by atoms with Crippen LogP contribution in [0.1, 0.15) is 21.5 Å². The van der Waals surface area contributed by atoms with Gasteiger partial charge >= 0.3 is 0 Å². The normalized spacial score (nSPS) is 10.0. The Balaban J connectivity index is 1.70. The lowest BCUT2D eigenvalue weighted by Crippen LogP contribution is -2.22. The molecule has 0 saturated carbocycles. The Morgan fingerprint density at radius 3 is 2.91 bits per heavy atom. The number of benzene rings is 1. The number of nitrogens with one attached hydrogen (secondary N) is 1. The molecule has 0 unspecified atom stereocenters. The first-order chi connectivity index (χ1) is 11.3. The van der Waals surface area contributed by atoms with Crippen molar-refractivity contribution in [2.45, 2.75) is 6.54 Å². The zero-order valence-corrected chi connectivity index (χ0v) is 12.2. The average Bonchev–Trinajstić information content (AvgIpc) is 3.14. The van der Waals surface area contributed by atoms with Crippen LogP contribution in [-0.4, -0.2) is 10.9 Å². The molecule has 5 heteroatoms. The van der Waals surface area contributed by atoms with Crippen LogP contribution in [-0.2, 0) is 6.54 Å². The lowest BCUT2D eigenvalue weighted by atomic mass is 10.1. The predicted octanol–water partition coefficient (Wildman–Crippen LogP) is 3.14. The fourth-order valence-electron chi connectivity index (χ4n) is 2.19. The Hall–Kier alpha value is -3.39. The molecule has 23 heavy (non-hydrogen) atoms. The van der Waals surface area contributed by atoms with Crippen molar-refractivity contribution >= 4 is 5.91 Å². The van der Waals surface area contributed by atoms with Crippen molar-refractivity contribution in [3.8, 4) is 17.2 Å². The van der Waals surface area contributed by atoms with Crippen LogP contribution in [0.5, 0.6) is 0 Å². The largest absolute Gasteiger partial charge is 0.472 e. The number of aromatic nitrogens is 1. The molecule has 0 spiro atoms. The number of nitriles is 1. The molecule has 1 N–H and O–H groups in total. The first kappa shape index (κ1) is 14.5. The molecule has 0 aliphatic rings. The molecule has 0 fully saturated rings. The Kier molecular flexibility index (Phi) is 4.16. The summed E-state index contributed by atoms with van der Waals surface area (Å²) in [5.74, 6) is -0.226. The molecule has 2 heterocycles. The summed E-state index contributed by atoms with van der Waals surface area (Å²) < 4.78 is 5.06. The van der Waals surface area contributed by atoms with Crippen LogP contribution < -0.4 is 5.32 Å². The third-order valence-electron chi connectivity index (χ3n) is 3.36. The van der Waals surface area contributed by atoms with Gasteiger partial charge in [-0.1, -0.05) is 6.07 Å². The van der Waals surface area contributed by atoms with E-state index in [0.29, 0.717) is 17.7 Å². The summed E-state index contributed by atoms with van der Waals surface area (Å²) in [7, 11) is 0. The molecule has 2 aromatic heterocycles. The first-order valence-corrected chi connectivity index (χ1v) is 7.01. The Bertz CT molecular complexity index is 864. The summed E-state index contributed by atoms with van der Waals surface area (Å²) in [4.78, 5) is 16.3. The monoisotopic (exact) mass is 303 g/mol. The zero-order chi connectivity index (χ0) is 16.1. The van der Waals surface area contributed by atoms with Crippen molar-refractivity contribution < 1.29 is 9.21 Å². The van der Waals surface area contributed by atoms with Crippen LogP contribution >= 0.6 is 0 Å². The van der Waals surface area contributed by atoms with Crippen LogP contribution in [0.2, 0.25) is 0 Å². The van der Waals surface area contributed by atoms with Gasteiger partial charge in [0.1, 0.15) is 0 Å². The van der Waals surface area contributed by atoms with Gasteiger partial charge in [0.15, 0.2) is 0 Å². The SMILES string of the molecule is N#Cc1cccc(C(=O)NCc2cncc(-c3ccoc3)c2)c1. The molecule has 1 aromatic carbocycles. The minimum Gasteiger partial charge on any atom is -0.472 e. The van der Waals surface area contributed by atoms with E-state index in [0.717, 1.165) is 16.7 Å². The number of carbonyl (C=O) groups is 1. The average molecular weight is 303 g/mol. The summed E-state index contributed by atoms with van der Waals surface area (Å²) in [6.07, 6.45) is 6.70. The molecule has 112 valence electrons. The topological polar surface area (TPSA) is 78.9 Å². The highest BCUT2D eigenvalue weighted by atomic mass is 16.3. The Morgan fingerprint density at radius 1 is 1.22 bits per heavy atom. The number of pyridine rings is 1. The van der Waals surface area contributed by atoms with Crippen molar-refractivity contribution in [2.75, 3.05) is 0 Å². The van der Waals surface area contributed by atoms with Gasteiger partial charge in [-0.15, -0.1) is 0 Å². The maximum atomic E-state index is 12.1. The van der Waals surface area contributed by atoms with E-state index in [4.69, 9.17) is 9.68 Å². The maximum absolute atomic E-state index is 12.1. The van der Waals surface area contributed by atoms with E-state index in [-0.39, 0.29) is 5.91 Å². The Labute approximate surface area is 133 Å². The molecule has 3 rings (SSSR count). The molecule has 0 saturated heterocycles.